The maximum Gasteiger partial charge on any atom is 0.260 e. The lowest BCUT2D eigenvalue weighted by Gasteiger charge is -2.08. The Morgan fingerprint density at radius 3 is 2.20 bits per heavy atom. The van der Waals surface area contributed by atoms with Crippen molar-refractivity contribution in [2.24, 2.45) is 0 Å². The zero-order valence-electron chi connectivity index (χ0n) is 17.0. The molecular weight excluding hydrogens is 404 g/mol. The maximum atomic E-state index is 12.8. The molecule has 156 valence electrons. The third kappa shape index (κ3) is 5.25. The van der Waals surface area contributed by atoms with Gasteiger partial charge in [-0.05, 0) is 43.7 Å². The van der Waals surface area contributed by atoms with Crippen molar-refractivity contribution >= 4 is 34.8 Å². The molecule has 2 amide bonds. The van der Waals surface area contributed by atoms with Crippen molar-refractivity contribution in [3.05, 3.63) is 76.1 Å². The first-order valence-electron chi connectivity index (χ1n) is 9.36. The lowest BCUT2D eigenvalue weighted by atomic mass is 10.1. The van der Waals surface area contributed by atoms with Crippen molar-refractivity contribution in [3.8, 4) is 0 Å². The monoisotopic (exact) mass is 426 g/mol. The first-order valence-corrected chi connectivity index (χ1v) is 9.74. The average molecular weight is 427 g/mol. The molecule has 0 saturated heterocycles. The number of benzene rings is 2. The number of carbonyl (C=O) groups is 2. The molecule has 7 nitrogen and oxygen atoms in total. The molecule has 1 aromatic heterocycles. The van der Waals surface area contributed by atoms with E-state index in [2.05, 4.69) is 15.7 Å². The smallest absolute Gasteiger partial charge is 0.260 e. The van der Waals surface area contributed by atoms with Crippen molar-refractivity contribution < 1.29 is 14.3 Å². The molecule has 0 radical (unpaired) electrons. The van der Waals surface area contributed by atoms with Gasteiger partial charge >= 0.3 is 0 Å². The van der Waals surface area contributed by atoms with Crippen LogP contribution < -0.4 is 10.6 Å². The Bertz CT molecular complexity index is 1040. The molecule has 2 N–H and O–H groups in total. The summed E-state index contributed by atoms with van der Waals surface area (Å²) < 4.78 is 6.39. The fraction of sp³-hybridized carbons (Fsp3) is 0.227. The molecule has 0 aliphatic heterocycles. The van der Waals surface area contributed by atoms with Crippen molar-refractivity contribution in [3.63, 3.8) is 0 Å². The number of methoxy groups -OCH3 is 1. The molecule has 0 bridgehead atoms. The van der Waals surface area contributed by atoms with Gasteiger partial charge in [0, 0.05) is 18.5 Å². The second kappa shape index (κ2) is 9.56. The molecule has 0 spiro atoms. The van der Waals surface area contributed by atoms with E-state index in [1.165, 1.54) is 12.7 Å². The highest BCUT2D eigenvalue weighted by Gasteiger charge is 2.20. The number of halogens is 1. The van der Waals surface area contributed by atoms with Crippen LogP contribution in [0.25, 0.3) is 0 Å². The second-order valence-corrected chi connectivity index (χ2v) is 7.27. The number of ether oxygens (including phenoxy) is 1. The third-order valence-corrected chi connectivity index (χ3v) is 4.83. The van der Waals surface area contributed by atoms with Crippen molar-refractivity contribution in [2.75, 3.05) is 24.4 Å². The van der Waals surface area contributed by atoms with Gasteiger partial charge in [0.1, 0.15) is 11.8 Å². The maximum absolute atomic E-state index is 12.8. The van der Waals surface area contributed by atoms with Crippen LogP contribution in [-0.4, -0.2) is 35.3 Å². The zero-order valence-corrected chi connectivity index (χ0v) is 17.8. The predicted molar refractivity (Wildman–Crippen MR) is 117 cm³/mol. The van der Waals surface area contributed by atoms with Crippen molar-refractivity contribution in [1.29, 1.82) is 0 Å². The van der Waals surface area contributed by atoms with Gasteiger partial charge in [-0.15, -0.1) is 0 Å². The first kappa shape index (κ1) is 21.5. The Hall–Kier alpha value is -3.16. The minimum Gasteiger partial charge on any atom is -0.375 e. The largest absolute Gasteiger partial charge is 0.375 e. The van der Waals surface area contributed by atoms with E-state index >= 15 is 0 Å². The summed E-state index contributed by atoms with van der Waals surface area (Å²) in [6, 6.07) is 14.8. The Morgan fingerprint density at radius 1 is 1.00 bits per heavy atom. The number of amides is 2. The molecule has 0 aliphatic rings. The molecule has 1 heterocycles. The molecule has 2 aromatic carbocycles. The van der Waals surface area contributed by atoms with Gasteiger partial charge in [-0.1, -0.05) is 41.4 Å². The molecule has 8 heteroatoms. The topological polar surface area (TPSA) is 85.2 Å². The van der Waals surface area contributed by atoms with Crippen LogP contribution in [0, 0.1) is 13.8 Å². The van der Waals surface area contributed by atoms with Crippen LogP contribution >= 0.6 is 11.6 Å². The van der Waals surface area contributed by atoms with E-state index in [4.69, 9.17) is 16.3 Å². The summed E-state index contributed by atoms with van der Waals surface area (Å²) in [6.45, 7) is 4.23. The van der Waals surface area contributed by atoms with Gasteiger partial charge < -0.3 is 15.4 Å². The highest BCUT2D eigenvalue weighted by atomic mass is 35.5. The number of rotatable bonds is 7. The normalized spacial score (nSPS) is 10.7. The number of aromatic nitrogens is 2. The third-order valence-electron chi connectivity index (χ3n) is 4.45. The minimum absolute atomic E-state index is 0.0250. The molecule has 3 aromatic rings. The molecule has 30 heavy (non-hydrogen) atoms. The highest BCUT2D eigenvalue weighted by Crippen LogP contribution is 2.23. The molecule has 0 unspecified atom stereocenters. The summed E-state index contributed by atoms with van der Waals surface area (Å²) in [5.41, 5.74) is 4.28. The Kier molecular flexibility index (Phi) is 6.87. The standard InChI is InChI=1S/C22H23ClN4O3/c1-14-4-6-16(7-5-14)12-27-21(23)20(15(2)26-27)22(29)25-18-10-8-17(9-11-18)24-19(28)13-30-3/h4-11H,12-13H2,1-3H3,(H,24,28)(H,25,29). The Balaban J connectivity index is 1.70. The number of nitrogens with zero attached hydrogens (tertiary/aromatic N) is 2. The van der Waals surface area contributed by atoms with Gasteiger partial charge in [-0.2, -0.15) is 5.10 Å². The van der Waals surface area contributed by atoms with Gasteiger partial charge in [-0.25, -0.2) is 4.68 Å². The van der Waals surface area contributed by atoms with Crippen LogP contribution in [0.15, 0.2) is 48.5 Å². The van der Waals surface area contributed by atoms with E-state index in [1.807, 2.05) is 31.2 Å². The van der Waals surface area contributed by atoms with E-state index < -0.39 is 0 Å². The number of carbonyl (C=O) groups excluding carboxylic acids is 2. The number of hydrogen-bond acceptors (Lipinski definition) is 4. The van der Waals surface area contributed by atoms with Gasteiger partial charge in [0.15, 0.2) is 0 Å². The lowest BCUT2D eigenvalue weighted by molar-refractivity contribution is -0.119. The molecule has 0 atom stereocenters. The van der Waals surface area contributed by atoms with Crippen LogP contribution in [0.2, 0.25) is 5.15 Å². The Morgan fingerprint density at radius 2 is 1.60 bits per heavy atom. The zero-order chi connectivity index (χ0) is 21.7. The SMILES string of the molecule is COCC(=O)Nc1ccc(NC(=O)c2c(C)nn(Cc3ccc(C)cc3)c2Cl)cc1. The number of anilines is 2. The Labute approximate surface area is 180 Å². The minimum atomic E-state index is -0.344. The fourth-order valence-corrected chi connectivity index (χ4v) is 3.26. The summed E-state index contributed by atoms with van der Waals surface area (Å²) in [5.74, 6) is -0.596. The predicted octanol–water partition coefficient (Wildman–Crippen LogP) is 4.04. The van der Waals surface area contributed by atoms with Gasteiger partial charge in [0.05, 0.1) is 17.8 Å². The van der Waals surface area contributed by atoms with Gasteiger partial charge in [0.2, 0.25) is 5.91 Å². The van der Waals surface area contributed by atoms with Crippen molar-refractivity contribution in [1.82, 2.24) is 9.78 Å². The van der Waals surface area contributed by atoms with Crippen LogP contribution in [0.3, 0.4) is 0 Å². The summed E-state index contributed by atoms with van der Waals surface area (Å²) in [7, 11) is 1.45. The number of hydrogen-bond donors (Lipinski definition) is 2. The van der Waals surface area contributed by atoms with Crippen LogP contribution in [0.5, 0.6) is 0 Å². The lowest BCUT2D eigenvalue weighted by Crippen LogP contribution is -2.17. The number of nitrogens with one attached hydrogen (secondary N) is 2. The fourth-order valence-electron chi connectivity index (χ4n) is 2.94. The summed E-state index contributed by atoms with van der Waals surface area (Å²) in [6.07, 6.45) is 0. The second-order valence-electron chi connectivity index (χ2n) is 6.91. The van der Waals surface area contributed by atoms with Crippen LogP contribution in [0.1, 0.15) is 27.2 Å². The van der Waals surface area contributed by atoms with E-state index in [0.717, 1.165) is 5.56 Å². The number of aryl methyl sites for hydroxylation is 2. The van der Waals surface area contributed by atoms with E-state index in [-0.39, 0.29) is 23.6 Å². The summed E-state index contributed by atoms with van der Waals surface area (Å²) in [4.78, 5) is 24.3. The van der Waals surface area contributed by atoms with E-state index in [9.17, 15) is 9.59 Å². The molecule has 0 aliphatic carbocycles. The highest BCUT2D eigenvalue weighted by molar-refractivity contribution is 6.33. The van der Waals surface area contributed by atoms with Gasteiger partial charge in [0.25, 0.3) is 5.91 Å². The van der Waals surface area contributed by atoms with E-state index in [0.29, 0.717) is 29.2 Å². The summed E-state index contributed by atoms with van der Waals surface area (Å²) in [5, 5.41) is 10.2. The molecule has 0 fully saturated rings. The first-order chi connectivity index (χ1) is 14.4. The van der Waals surface area contributed by atoms with Crippen molar-refractivity contribution in [2.45, 2.75) is 20.4 Å². The average Bonchev–Trinajstić information content (AvgIpc) is 2.98. The quantitative estimate of drug-likeness (QED) is 0.597. The molecule has 3 rings (SSSR count). The summed E-state index contributed by atoms with van der Waals surface area (Å²) >= 11 is 6.46. The van der Waals surface area contributed by atoms with Gasteiger partial charge in [-0.3, -0.25) is 9.59 Å². The van der Waals surface area contributed by atoms with Crippen LogP contribution in [0.4, 0.5) is 11.4 Å². The van der Waals surface area contributed by atoms with E-state index in [1.54, 1.807) is 35.9 Å². The molecular formula is C22H23ClN4O3. The molecule has 0 saturated carbocycles. The van der Waals surface area contributed by atoms with Crippen LogP contribution in [-0.2, 0) is 16.1 Å².